The lowest BCUT2D eigenvalue weighted by Crippen LogP contribution is -2.53. The molecule has 0 aromatic rings. The summed E-state index contributed by atoms with van der Waals surface area (Å²) in [5, 5.41) is 0. The van der Waals surface area contributed by atoms with E-state index in [0.717, 1.165) is 18.4 Å². The Morgan fingerprint density at radius 3 is 2.26 bits per heavy atom. The molecule has 3 rings (SSSR count). The lowest BCUT2D eigenvalue weighted by Gasteiger charge is -2.42. The zero-order valence-corrected chi connectivity index (χ0v) is 13.0. The molecule has 2 N–H and O–H groups in total. The van der Waals surface area contributed by atoms with E-state index in [2.05, 4.69) is 18.7 Å². The fraction of sp³-hybridized carbons (Fsp3) is 1.00. The first-order valence-electron chi connectivity index (χ1n) is 8.50. The standard InChI is InChI=1S/C17H32N2/c1-16(2)7-4-8-17(13-18,10-9-16)19-11-14-5-3-6-15(14)12-19/h14-15H,3-13,18H2,1-2H3. The molecule has 0 radical (unpaired) electrons. The first-order valence-corrected chi connectivity index (χ1v) is 8.50. The summed E-state index contributed by atoms with van der Waals surface area (Å²) in [5.74, 6) is 2.00. The number of hydrogen-bond donors (Lipinski definition) is 1. The molecule has 0 aromatic carbocycles. The van der Waals surface area contributed by atoms with Gasteiger partial charge >= 0.3 is 0 Å². The van der Waals surface area contributed by atoms with Gasteiger partial charge in [-0.25, -0.2) is 0 Å². The predicted octanol–water partition coefficient (Wildman–Crippen LogP) is 3.41. The highest BCUT2D eigenvalue weighted by molar-refractivity contribution is 5.01. The number of hydrogen-bond acceptors (Lipinski definition) is 2. The Hall–Kier alpha value is -0.0800. The summed E-state index contributed by atoms with van der Waals surface area (Å²) in [5.41, 5.74) is 7.16. The quantitative estimate of drug-likeness (QED) is 0.775. The van der Waals surface area contributed by atoms with Crippen molar-refractivity contribution in [2.45, 2.75) is 70.8 Å². The molecule has 19 heavy (non-hydrogen) atoms. The summed E-state index contributed by atoms with van der Waals surface area (Å²) >= 11 is 0. The van der Waals surface area contributed by atoms with Crippen LogP contribution in [0.4, 0.5) is 0 Å². The van der Waals surface area contributed by atoms with Gasteiger partial charge in [0.25, 0.3) is 0 Å². The fourth-order valence-corrected chi connectivity index (χ4v) is 4.99. The molecule has 110 valence electrons. The third kappa shape index (κ3) is 2.58. The van der Waals surface area contributed by atoms with Crippen LogP contribution in [0.2, 0.25) is 0 Å². The zero-order valence-electron chi connectivity index (χ0n) is 13.0. The van der Waals surface area contributed by atoms with Crippen LogP contribution in [0.25, 0.3) is 0 Å². The average molecular weight is 264 g/mol. The Kier molecular flexibility index (Phi) is 3.68. The molecule has 2 saturated carbocycles. The second-order valence-corrected chi connectivity index (χ2v) is 8.30. The van der Waals surface area contributed by atoms with E-state index < -0.39 is 0 Å². The minimum Gasteiger partial charge on any atom is -0.329 e. The summed E-state index contributed by atoms with van der Waals surface area (Å²) in [4.78, 5) is 2.82. The number of nitrogens with zero attached hydrogens (tertiary/aromatic N) is 1. The van der Waals surface area contributed by atoms with E-state index in [-0.39, 0.29) is 0 Å². The largest absolute Gasteiger partial charge is 0.329 e. The van der Waals surface area contributed by atoms with Gasteiger partial charge in [-0.1, -0.05) is 26.7 Å². The lowest BCUT2D eigenvalue weighted by atomic mass is 9.83. The van der Waals surface area contributed by atoms with Crippen molar-refractivity contribution in [3.63, 3.8) is 0 Å². The molecule has 2 heteroatoms. The van der Waals surface area contributed by atoms with Crippen LogP contribution in [0.3, 0.4) is 0 Å². The van der Waals surface area contributed by atoms with Crippen molar-refractivity contribution in [2.24, 2.45) is 23.0 Å². The SMILES string of the molecule is CC1(C)CCCC(CN)(N2CC3CCCC3C2)CC1. The topological polar surface area (TPSA) is 29.3 Å². The third-order valence-corrected chi connectivity index (χ3v) is 6.54. The summed E-state index contributed by atoms with van der Waals surface area (Å²) in [6, 6.07) is 0. The van der Waals surface area contributed by atoms with Crippen LogP contribution in [0.5, 0.6) is 0 Å². The van der Waals surface area contributed by atoms with Crippen molar-refractivity contribution in [1.82, 2.24) is 4.90 Å². The van der Waals surface area contributed by atoms with Gasteiger partial charge in [-0.2, -0.15) is 0 Å². The average Bonchev–Trinajstić information content (AvgIpc) is 2.90. The van der Waals surface area contributed by atoms with Crippen molar-refractivity contribution in [2.75, 3.05) is 19.6 Å². The maximum Gasteiger partial charge on any atom is 0.0332 e. The highest BCUT2D eigenvalue weighted by Gasteiger charge is 2.46. The normalized spacial score (nSPS) is 43.1. The van der Waals surface area contributed by atoms with E-state index in [9.17, 15) is 0 Å². The second-order valence-electron chi connectivity index (χ2n) is 8.30. The van der Waals surface area contributed by atoms with Crippen molar-refractivity contribution in [3.05, 3.63) is 0 Å². The lowest BCUT2D eigenvalue weighted by molar-refractivity contribution is 0.0923. The zero-order chi connectivity index (χ0) is 13.5. The van der Waals surface area contributed by atoms with Gasteiger partial charge < -0.3 is 5.73 Å². The van der Waals surface area contributed by atoms with Gasteiger partial charge in [0, 0.05) is 25.2 Å². The number of rotatable bonds is 2. The van der Waals surface area contributed by atoms with Crippen LogP contribution in [0.1, 0.15) is 65.2 Å². The fourth-order valence-electron chi connectivity index (χ4n) is 4.99. The van der Waals surface area contributed by atoms with Gasteiger partial charge in [0.15, 0.2) is 0 Å². The first-order chi connectivity index (χ1) is 9.05. The molecule has 0 aromatic heterocycles. The first kappa shape index (κ1) is 13.9. The van der Waals surface area contributed by atoms with E-state index in [1.54, 1.807) is 0 Å². The van der Waals surface area contributed by atoms with Gasteiger partial charge in [-0.05, 0) is 55.8 Å². The van der Waals surface area contributed by atoms with E-state index in [0.29, 0.717) is 11.0 Å². The summed E-state index contributed by atoms with van der Waals surface area (Å²) in [7, 11) is 0. The Labute approximate surface area is 119 Å². The van der Waals surface area contributed by atoms with E-state index in [1.165, 1.54) is 64.5 Å². The Morgan fingerprint density at radius 2 is 1.63 bits per heavy atom. The number of nitrogens with two attached hydrogens (primary N) is 1. The molecule has 0 bridgehead atoms. The molecule has 3 aliphatic rings. The van der Waals surface area contributed by atoms with Crippen LogP contribution in [0.15, 0.2) is 0 Å². The number of fused-ring (bicyclic) bond motifs is 1. The molecule has 2 nitrogen and oxygen atoms in total. The molecule has 3 atom stereocenters. The second kappa shape index (κ2) is 5.04. The van der Waals surface area contributed by atoms with Crippen molar-refractivity contribution in [3.8, 4) is 0 Å². The highest BCUT2D eigenvalue weighted by atomic mass is 15.2. The van der Waals surface area contributed by atoms with Crippen LogP contribution in [-0.2, 0) is 0 Å². The molecule has 1 heterocycles. The van der Waals surface area contributed by atoms with Gasteiger partial charge in [-0.3, -0.25) is 4.90 Å². The molecule has 0 spiro atoms. The molecule has 1 saturated heterocycles. The molecule has 3 unspecified atom stereocenters. The molecule has 1 aliphatic heterocycles. The number of likely N-dealkylation sites (tertiary alicyclic amines) is 1. The van der Waals surface area contributed by atoms with Crippen molar-refractivity contribution >= 4 is 0 Å². The maximum absolute atomic E-state index is 6.28. The highest BCUT2D eigenvalue weighted by Crippen LogP contribution is 2.45. The van der Waals surface area contributed by atoms with Gasteiger partial charge in [-0.15, -0.1) is 0 Å². The van der Waals surface area contributed by atoms with Gasteiger partial charge in [0.05, 0.1) is 0 Å². The third-order valence-electron chi connectivity index (χ3n) is 6.54. The predicted molar refractivity (Wildman–Crippen MR) is 81.1 cm³/mol. The van der Waals surface area contributed by atoms with E-state index in [1.807, 2.05) is 0 Å². The van der Waals surface area contributed by atoms with E-state index in [4.69, 9.17) is 5.73 Å². The Morgan fingerprint density at radius 1 is 0.947 bits per heavy atom. The van der Waals surface area contributed by atoms with Crippen LogP contribution >= 0.6 is 0 Å². The van der Waals surface area contributed by atoms with Crippen molar-refractivity contribution in [1.29, 1.82) is 0 Å². The molecule has 2 aliphatic carbocycles. The molecular weight excluding hydrogens is 232 g/mol. The van der Waals surface area contributed by atoms with Crippen LogP contribution in [-0.4, -0.2) is 30.1 Å². The molecular formula is C17H32N2. The Balaban J connectivity index is 1.72. The summed E-state index contributed by atoms with van der Waals surface area (Å²) in [6.07, 6.45) is 11.2. The minimum absolute atomic E-state index is 0.345. The van der Waals surface area contributed by atoms with Crippen molar-refractivity contribution < 1.29 is 0 Å². The summed E-state index contributed by atoms with van der Waals surface area (Å²) in [6.45, 7) is 8.46. The molecule has 0 amide bonds. The van der Waals surface area contributed by atoms with Gasteiger partial charge in [0.2, 0.25) is 0 Å². The van der Waals surface area contributed by atoms with Crippen LogP contribution < -0.4 is 5.73 Å². The summed E-state index contributed by atoms with van der Waals surface area (Å²) < 4.78 is 0. The Bertz CT molecular complexity index is 313. The maximum atomic E-state index is 6.28. The monoisotopic (exact) mass is 264 g/mol. The van der Waals surface area contributed by atoms with Gasteiger partial charge in [0.1, 0.15) is 0 Å². The molecule has 3 fully saturated rings. The minimum atomic E-state index is 0.345. The van der Waals surface area contributed by atoms with Crippen LogP contribution in [0, 0.1) is 17.3 Å². The van der Waals surface area contributed by atoms with E-state index >= 15 is 0 Å². The smallest absolute Gasteiger partial charge is 0.0332 e.